The van der Waals surface area contributed by atoms with E-state index in [9.17, 15) is 33.0 Å². The fraction of sp³-hybridized carbons (Fsp3) is 0.500. The molecule has 15 heteroatoms. The summed E-state index contributed by atoms with van der Waals surface area (Å²) in [6.45, 7) is 8.96. The van der Waals surface area contributed by atoms with Crippen LogP contribution in [0.15, 0.2) is 46.5 Å². The van der Waals surface area contributed by atoms with E-state index in [0.29, 0.717) is 34.2 Å². The van der Waals surface area contributed by atoms with Gasteiger partial charge >= 0.3 is 5.97 Å². The van der Waals surface area contributed by atoms with Crippen LogP contribution < -0.4 is 34.9 Å². The van der Waals surface area contributed by atoms with Crippen LogP contribution in [-0.4, -0.2) is 115 Å². The number of primary amides is 1. The lowest BCUT2D eigenvalue weighted by atomic mass is 9.78. The molecule has 2 amide bonds. The third-order valence-corrected chi connectivity index (χ3v) is 12.7. The van der Waals surface area contributed by atoms with Gasteiger partial charge in [-0.2, -0.15) is 0 Å². The molecule has 12 nitrogen and oxygen atoms in total. The van der Waals surface area contributed by atoms with Gasteiger partial charge in [0.05, 0.1) is 30.3 Å². The Balaban J connectivity index is 0.00000200. The van der Waals surface area contributed by atoms with Crippen LogP contribution in [0.5, 0.6) is 0 Å². The van der Waals surface area contributed by atoms with Crippen LogP contribution in [-0.2, 0) is 31.0 Å². The number of piperazine rings is 3. The molecule has 8 rings (SSSR count). The summed E-state index contributed by atoms with van der Waals surface area (Å²) in [5, 5.41) is 21.8. The molecule has 4 atom stereocenters. The number of aliphatic carboxylic acids is 1. The number of carbonyl (C=O) groups is 3. The molecule has 0 saturated carbocycles. The van der Waals surface area contributed by atoms with Crippen molar-refractivity contribution in [2.75, 3.05) is 56.7 Å². The molecule has 0 aromatic heterocycles. The number of carbonyl (C=O) groups excluding carboxylic acids is 2. The standard InChI is InChI=1S/C30H35N5O7S.2ClH/c1-17-21(27(30(39)40)33-26(17)24(18(2)36)29(33)38)14-32-22-5-3-4-19-6-7-20(28(25(19)22)43(32,41)42)15-34-8-11-35(12-9-34,13-10-34)16-23(31)37;;/h3-7,17-18,24,26,36H,8-16H2,1-2H3,(H-2,31,37,39,40);2*1H/t17-,18+,24+,26+,34?,35?;;/m0../s1. The summed E-state index contributed by atoms with van der Waals surface area (Å²) in [6, 6.07) is 8.77. The Morgan fingerprint density at radius 1 is 1.04 bits per heavy atom. The summed E-state index contributed by atoms with van der Waals surface area (Å²) in [6.07, 6.45) is -0.946. The highest BCUT2D eigenvalue weighted by molar-refractivity contribution is 7.93. The van der Waals surface area contributed by atoms with Crippen molar-refractivity contribution in [1.29, 1.82) is 0 Å². The Hall–Kier alpha value is -2.94. The summed E-state index contributed by atoms with van der Waals surface area (Å²) in [4.78, 5) is 38.5. The Kier molecular flexibility index (Phi) is 8.24. The molecule has 0 radical (unpaired) electrons. The van der Waals surface area contributed by atoms with Gasteiger partial charge in [0.2, 0.25) is 5.91 Å². The van der Waals surface area contributed by atoms with Gasteiger partial charge in [-0.15, -0.1) is 0 Å². The number of nitrogens with zero attached hydrogens (tertiary/aromatic N) is 4. The van der Waals surface area contributed by atoms with Gasteiger partial charge in [-0.05, 0) is 23.9 Å². The number of rotatable bonds is 8. The van der Waals surface area contributed by atoms with E-state index in [-0.39, 0.29) is 47.9 Å². The molecule has 0 aliphatic carbocycles. The molecular formula is C30H37Cl2N5O7S. The smallest absolute Gasteiger partial charge is 0.352 e. The molecular weight excluding hydrogens is 645 g/mol. The second-order valence-electron chi connectivity index (χ2n) is 13.2. The highest BCUT2D eigenvalue weighted by Crippen LogP contribution is 2.50. The molecule has 6 heterocycles. The topological polar surface area (TPSA) is 158 Å². The van der Waals surface area contributed by atoms with Crippen molar-refractivity contribution < 1.29 is 66.8 Å². The zero-order valence-electron chi connectivity index (χ0n) is 25.0. The van der Waals surface area contributed by atoms with Gasteiger partial charge < -0.3 is 54.6 Å². The van der Waals surface area contributed by atoms with Crippen LogP contribution in [0.1, 0.15) is 19.4 Å². The predicted octanol–water partition coefficient (Wildman–Crippen LogP) is -5.80. The molecule has 4 saturated heterocycles. The number of benzene rings is 2. The number of aliphatic hydroxyl groups excluding tert-OH is 1. The first-order valence-corrected chi connectivity index (χ1v) is 16.3. The monoisotopic (exact) mass is 681 g/mol. The Bertz CT molecular complexity index is 1740. The number of halogens is 2. The Labute approximate surface area is 274 Å². The van der Waals surface area contributed by atoms with E-state index in [0.717, 1.165) is 54.7 Å². The highest BCUT2D eigenvalue weighted by atomic mass is 35.5. The van der Waals surface area contributed by atoms with E-state index in [4.69, 9.17) is 5.73 Å². The number of sulfonamides is 1. The average Bonchev–Trinajstić information content (AvgIpc) is 3.32. The molecule has 0 spiro atoms. The van der Waals surface area contributed by atoms with Crippen LogP contribution in [0.25, 0.3) is 10.8 Å². The van der Waals surface area contributed by atoms with Gasteiger partial charge in [-0.1, -0.05) is 31.2 Å². The van der Waals surface area contributed by atoms with E-state index < -0.39 is 45.9 Å². The zero-order chi connectivity index (χ0) is 30.6. The number of carboxylic acids is 1. The number of carboxylic acid groups (broad SMARTS) is 1. The number of fused-ring (bicyclic) bond motifs is 4. The lowest BCUT2D eigenvalue weighted by molar-refractivity contribution is -1.08. The minimum absolute atomic E-state index is 0. The maximum absolute atomic E-state index is 14.5. The Morgan fingerprint density at radius 3 is 2.24 bits per heavy atom. The maximum Gasteiger partial charge on any atom is 0.352 e. The van der Waals surface area contributed by atoms with Gasteiger partial charge in [0, 0.05) is 16.9 Å². The first kappa shape index (κ1) is 33.4. The van der Waals surface area contributed by atoms with Crippen LogP contribution in [0, 0.1) is 11.8 Å². The van der Waals surface area contributed by atoms with Gasteiger partial charge in [-0.3, -0.25) is 13.9 Å². The summed E-state index contributed by atoms with van der Waals surface area (Å²) in [5.74, 6) is -3.21. The number of β-lactam (4-membered cyclic amide) rings is 1. The minimum Gasteiger partial charge on any atom is -1.00 e. The molecule has 45 heavy (non-hydrogen) atoms. The molecule has 0 unspecified atom stereocenters. The fourth-order valence-electron chi connectivity index (χ4n) is 8.53. The number of aliphatic hydroxyl groups is 1. The maximum atomic E-state index is 14.5. The Morgan fingerprint density at radius 2 is 1.67 bits per heavy atom. The normalized spacial score (nSPS) is 31.3. The van der Waals surface area contributed by atoms with Crippen LogP contribution >= 0.6 is 0 Å². The first-order valence-electron chi connectivity index (χ1n) is 14.8. The minimum atomic E-state index is -4.07. The van der Waals surface area contributed by atoms with Crippen LogP contribution in [0.3, 0.4) is 0 Å². The summed E-state index contributed by atoms with van der Waals surface area (Å²) in [5.41, 5.74) is 6.95. The van der Waals surface area contributed by atoms with Crippen molar-refractivity contribution in [3.8, 4) is 0 Å². The number of anilines is 1. The molecule has 6 aliphatic rings. The van der Waals surface area contributed by atoms with Gasteiger partial charge in [0.1, 0.15) is 56.4 Å². The third-order valence-electron chi connectivity index (χ3n) is 10.8. The fourth-order valence-corrected chi connectivity index (χ4v) is 10.4. The molecule has 6 aliphatic heterocycles. The number of nitrogens with two attached hydrogens (primary N) is 1. The van der Waals surface area contributed by atoms with Crippen molar-refractivity contribution in [1.82, 2.24) is 4.90 Å². The predicted molar refractivity (Wildman–Crippen MR) is 156 cm³/mol. The van der Waals surface area contributed by atoms with Crippen molar-refractivity contribution in [3.63, 3.8) is 0 Å². The number of quaternary nitrogens is 2. The lowest BCUT2D eigenvalue weighted by Crippen LogP contribution is -3.00. The van der Waals surface area contributed by atoms with Gasteiger partial charge in [0.15, 0.2) is 6.54 Å². The number of hydrogen-bond donors (Lipinski definition) is 3. The average molecular weight is 683 g/mol. The third kappa shape index (κ3) is 4.73. The number of hydrogen-bond acceptors (Lipinski definition) is 6. The molecule has 244 valence electrons. The van der Waals surface area contributed by atoms with Crippen molar-refractivity contribution in [2.45, 2.75) is 37.4 Å². The van der Waals surface area contributed by atoms with E-state index in [2.05, 4.69) is 0 Å². The molecule has 2 bridgehead atoms. The van der Waals surface area contributed by atoms with E-state index >= 15 is 0 Å². The molecule has 2 aromatic carbocycles. The number of amides is 2. The van der Waals surface area contributed by atoms with Crippen molar-refractivity contribution in [2.24, 2.45) is 17.6 Å². The van der Waals surface area contributed by atoms with E-state index in [1.807, 2.05) is 18.2 Å². The quantitative estimate of drug-likeness (QED) is 0.185. The molecule has 2 aromatic rings. The lowest BCUT2D eigenvalue weighted by Gasteiger charge is -2.55. The van der Waals surface area contributed by atoms with Crippen LogP contribution in [0.2, 0.25) is 0 Å². The summed E-state index contributed by atoms with van der Waals surface area (Å²) >= 11 is 0. The van der Waals surface area contributed by atoms with Gasteiger partial charge in [-0.25, -0.2) is 13.2 Å². The molecule has 4 fully saturated rings. The SMILES string of the molecule is C[C@@H](O)[C@H]1C(=O)N2C(C(=O)O)=C(CN3c4cccc5ccc(C[N+]67CC[N+](CC(N)=O)(CC6)CC7)c(c45)S3(=O)=O)[C@H](C)[C@H]12.[Cl-].[Cl-]. The van der Waals surface area contributed by atoms with Crippen molar-refractivity contribution in [3.05, 3.63) is 47.2 Å². The largest absolute Gasteiger partial charge is 1.00 e. The molecule has 4 N–H and O–H groups in total. The van der Waals surface area contributed by atoms with E-state index in [1.165, 1.54) is 16.1 Å². The van der Waals surface area contributed by atoms with Crippen LogP contribution in [0.4, 0.5) is 5.69 Å². The van der Waals surface area contributed by atoms with E-state index in [1.54, 1.807) is 19.1 Å². The van der Waals surface area contributed by atoms with Crippen molar-refractivity contribution >= 4 is 44.3 Å². The second kappa shape index (κ2) is 11.1. The first-order chi connectivity index (χ1) is 20.3. The zero-order valence-corrected chi connectivity index (χ0v) is 27.4. The second-order valence-corrected chi connectivity index (χ2v) is 15.0. The summed E-state index contributed by atoms with van der Waals surface area (Å²) in [7, 11) is -4.07. The highest BCUT2D eigenvalue weighted by Gasteiger charge is 2.60. The van der Waals surface area contributed by atoms with Gasteiger partial charge in [0.25, 0.3) is 15.9 Å². The summed E-state index contributed by atoms with van der Waals surface area (Å²) < 4.78 is 31.7.